The van der Waals surface area contributed by atoms with Crippen LogP contribution in [0.15, 0.2) is 60.9 Å². The van der Waals surface area contributed by atoms with E-state index in [4.69, 9.17) is 0 Å². The molecule has 130 valence electrons. The van der Waals surface area contributed by atoms with E-state index in [2.05, 4.69) is 15.3 Å². The molecule has 1 aromatic heterocycles. The Morgan fingerprint density at radius 3 is 2.58 bits per heavy atom. The molecule has 26 heavy (non-hydrogen) atoms. The Hall–Kier alpha value is -3.28. The van der Waals surface area contributed by atoms with Gasteiger partial charge in [0.15, 0.2) is 0 Å². The molecule has 1 amide bonds. The number of hydrogen-bond acceptors (Lipinski definition) is 4. The van der Waals surface area contributed by atoms with Gasteiger partial charge in [-0.05, 0) is 37.1 Å². The van der Waals surface area contributed by atoms with Gasteiger partial charge in [-0.1, -0.05) is 30.3 Å². The van der Waals surface area contributed by atoms with Crippen LogP contribution in [-0.4, -0.2) is 21.9 Å². The normalized spacial score (nSPS) is 15.6. The van der Waals surface area contributed by atoms with Crippen LogP contribution in [0.3, 0.4) is 0 Å². The van der Waals surface area contributed by atoms with E-state index in [9.17, 15) is 9.18 Å². The number of carbonyl (C=O) groups is 1. The van der Waals surface area contributed by atoms with Crippen LogP contribution in [0.1, 0.15) is 22.8 Å². The number of para-hydroxylation sites is 2. The van der Waals surface area contributed by atoms with Gasteiger partial charge < -0.3 is 10.2 Å². The van der Waals surface area contributed by atoms with Crippen LogP contribution in [0.5, 0.6) is 0 Å². The van der Waals surface area contributed by atoms with Gasteiger partial charge in [0.2, 0.25) is 5.95 Å². The zero-order valence-electron chi connectivity index (χ0n) is 14.2. The molecule has 1 unspecified atom stereocenters. The number of fused-ring (bicyclic) bond motifs is 1. The van der Waals surface area contributed by atoms with Gasteiger partial charge in [-0.15, -0.1) is 0 Å². The highest BCUT2D eigenvalue weighted by Gasteiger charge is 2.31. The monoisotopic (exact) mass is 348 g/mol. The number of anilines is 3. The quantitative estimate of drug-likeness (QED) is 0.779. The zero-order valence-corrected chi connectivity index (χ0v) is 14.2. The second-order valence-corrected chi connectivity index (χ2v) is 6.26. The van der Waals surface area contributed by atoms with Gasteiger partial charge in [-0.3, -0.25) is 4.79 Å². The average molecular weight is 348 g/mol. The maximum atomic E-state index is 13.7. The van der Waals surface area contributed by atoms with Crippen molar-refractivity contribution in [2.45, 2.75) is 19.4 Å². The average Bonchev–Trinajstić information content (AvgIpc) is 2.99. The van der Waals surface area contributed by atoms with Gasteiger partial charge in [0.1, 0.15) is 5.82 Å². The summed E-state index contributed by atoms with van der Waals surface area (Å²) in [5, 5.41) is 2.81. The first-order chi connectivity index (χ1) is 12.6. The first kappa shape index (κ1) is 16.2. The largest absolute Gasteiger partial charge is 0.322 e. The van der Waals surface area contributed by atoms with Crippen molar-refractivity contribution >= 4 is 23.2 Å². The highest BCUT2D eigenvalue weighted by atomic mass is 19.1. The van der Waals surface area contributed by atoms with Gasteiger partial charge in [0.05, 0.1) is 11.3 Å². The van der Waals surface area contributed by atoms with Crippen LogP contribution >= 0.6 is 0 Å². The van der Waals surface area contributed by atoms with E-state index < -0.39 is 5.82 Å². The van der Waals surface area contributed by atoms with Crippen molar-refractivity contribution in [1.82, 2.24) is 9.97 Å². The predicted molar refractivity (Wildman–Crippen MR) is 98.1 cm³/mol. The standard InChI is InChI=1S/C20H17FN4O/c1-13-10-14-6-2-5-9-18(14)25(13)19(26)15-11-22-20(23-12-15)24-17-8-4-3-7-16(17)21/h2-9,11-13H,10H2,1H3,(H,22,23,24). The number of halogens is 1. The van der Waals surface area contributed by atoms with Crippen LogP contribution in [0, 0.1) is 5.82 Å². The molecule has 2 aromatic carbocycles. The van der Waals surface area contributed by atoms with Gasteiger partial charge in [-0.25, -0.2) is 14.4 Å². The number of nitrogens with zero attached hydrogens (tertiary/aromatic N) is 3. The van der Waals surface area contributed by atoms with E-state index in [1.807, 2.05) is 31.2 Å². The first-order valence-corrected chi connectivity index (χ1v) is 8.38. The summed E-state index contributed by atoms with van der Waals surface area (Å²) >= 11 is 0. The summed E-state index contributed by atoms with van der Waals surface area (Å²) < 4.78 is 13.7. The molecule has 3 aromatic rings. The van der Waals surface area contributed by atoms with Crippen LogP contribution < -0.4 is 10.2 Å². The van der Waals surface area contributed by atoms with Crippen molar-refractivity contribution in [3.05, 3.63) is 77.9 Å². The van der Waals surface area contributed by atoms with Crippen molar-refractivity contribution in [3.8, 4) is 0 Å². The molecule has 0 bridgehead atoms. The minimum absolute atomic E-state index is 0.0797. The molecule has 0 saturated heterocycles. The number of rotatable bonds is 3. The highest BCUT2D eigenvalue weighted by molar-refractivity contribution is 6.07. The lowest BCUT2D eigenvalue weighted by molar-refractivity contribution is 0.0981. The van der Waals surface area contributed by atoms with Crippen LogP contribution in [0.25, 0.3) is 0 Å². The fraction of sp³-hybridized carbons (Fsp3) is 0.150. The van der Waals surface area contributed by atoms with Crippen molar-refractivity contribution < 1.29 is 9.18 Å². The lowest BCUT2D eigenvalue weighted by Gasteiger charge is -2.22. The van der Waals surface area contributed by atoms with Crippen molar-refractivity contribution in [2.75, 3.05) is 10.2 Å². The third-order valence-electron chi connectivity index (χ3n) is 4.45. The molecule has 1 aliphatic rings. The maximum Gasteiger partial charge on any atom is 0.261 e. The van der Waals surface area contributed by atoms with Crippen LogP contribution in [0.4, 0.5) is 21.7 Å². The van der Waals surface area contributed by atoms with Crippen LogP contribution in [-0.2, 0) is 6.42 Å². The predicted octanol–water partition coefficient (Wildman–Crippen LogP) is 3.95. The van der Waals surface area contributed by atoms with E-state index in [-0.39, 0.29) is 23.6 Å². The SMILES string of the molecule is CC1Cc2ccccc2N1C(=O)c1cnc(Nc2ccccc2F)nc1. The summed E-state index contributed by atoms with van der Waals surface area (Å²) in [5.74, 6) is -0.292. The summed E-state index contributed by atoms with van der Waals surface area (Å²) in [6.45, 7) is 2.02. The van der Waals surface area contributed by atoms with E-state index in [1.165, 1.54) is 18.5 Å². The van der Waals surface area contributed by atoms with E-state index in [1.54, 1.807) is 23.1 Å². The molecule has 0 aliphatic carbocycles. The van der Waals surface area contributed by atoms with Crippen molar-refractivity contribution in [2.24, 2.45) is 0 Å². The number of nitrogens with one attached hydrogen (secondary N) is 1. The lowest BCUT2D eigenvalue weighted by atomic mass is 10.1. The molecular weight excluding hydrogens is 331 g/mol. The minimum atomic E-state index is -0.390. The summed E-state index contributed by atoms with van der Waals surface area (Å²) in [7, 11) is 0. The Balaban J connectivity index is 1.56. The first-order valence-electron chi connectivity index (χ1n) is 8.38. The third-order valence-corrected chi connectivity index (χ3v) is 4.45. The van der Waals surface area contributed by atoms with E-state index in [0.717, 1.165) is 17.7 Å². The second-order valence-electron chi connectivity index (χ2n) is 6.26. The molecule has 0 fully saturated rings. The fourth-order valence-corrected chi connectivity index (χ4v) is 3.20. The molecule has 2 heterocycles. The van der Waals surface area contributed by atoms with Gasteiger partial charge in [0, 0.05) is 24.1 Å². The number of aromatic nitrogens is 2. The van der Waals surface area contributed by atoms with Crippen molar-refractivity contribution in [1.29, 1.82) is 0 Å². The van der Waals surface area contributed by atoms with E-state index >= 15 is 0 Å². The number of benzene rings is 2. The molecule has 4 rings (SSSR count). The Morgan fingerprint density at radius 2 is 1.81 bits per heavy atom. The molecule has 1 N–H and O–H groups in total. The Labute approximate surface area is 150 Å². The Kier molecular flexibility index (Phi) is 4.08. The summed E-state index contributed by atoms with van der Waals surface area (Å²) in [5.41, 5.74) is 2.77. The van der Waals surface area contributed by atoms with Gasteiger partial charge >= 0.3 is 0 Å². The smallest absolute Gasteiger partial charge is 0.261 e. The molecule has 5 nitrogen and oxygen atoms in total. The van der Waals surface area contributed by atoms with Gasteiger partial charge in [-0.2, -0.15) is 0 Å². The highest BCUT2D eigenvalue weighted by Crippen LogP contribution is 2.32. The zero-order chi connectivity index (χ0) is 18.1. The summed E-state index contributed by atoms with van der Waals surface area (Å²) in [4.78, 5) is 23.0. The Morgan fingerprint density at radius 1 is 1.12 bits per heavy atom. The molecule has 1 atom stereocenters. The fourth-order valence-electron chi connectivity index (χ4n) is 3.20. The van der Waals surface area contributed by atoms with Crippen molar-refractivity contribution in [3.63, 3.8) is 0 Å². The maximum absolute atomic E-state index is 13.7. The molecule has 0 spiro atoms. The second kappa shape index (κ2) is 6.55. The van der Waals surface area contributed by atoms with Crippen LogP contribution in [0.2, 0.25) is 0 Å². The minimum Gasteiger partial charge on any atom is -0.322 e. The topological polar surface area (TPSA) is 58.1 Å². The third kappa shape index (κ3) is 2.90. The van der Waals surface area contributed by atoms with Gasteiger partial charge in [0.25, 0.3) is 5.91 Å². The molecule has 0 radical (unpaired) electrons. The molecule has 6 heteroatoms. The lowest BCUT2D eigenvalue weighted by Crippen LogP contribution is -2.35. The Bertz CT molecular complexity index is 958. The number of amides is 1. The number of hydrogen-bond donors (Lipinski definition) is 1. The van der Waals surface area contributed by atoms with E-state index in [0.29, 0.717) is 5.56 Å². The molecule has 1 aliphatic heterocycles. The summed E-state index contributed by atoms with van der Waals surface area (Å²) in [6, 6.07) is 14.3. The molecule has 0 saturated carbocycles. The number of carbonyl (C=O) groups excluding carboxylic acids is 1. The molecular formula is C20H17FN4O. The summed E-state index contributed by atoms with van der Waals surface area (Å²) in [6.07, 6.45) is 3.76.